The Hall–Kier alpha value is -3.23. The topological polar surface area (TPSA) is 61.9 Å². The summed E-state index contributed by atoms with van der Waals surface area (Å²) in [5, 5.41) is 5.08. The number of rotatable bonds is 12. The van der Waals surface area contributed by atoms with Crippen LogP contribution in [0.2, 0.25) is 0 Å². The Kier molecular flexibility index (Phi) is 10.9. The molecule has 0 aliphatic heterocycles. The molecule has 8 heteroatoms. The summed E-state index contributed by atoms with van der Waals surface area (Å²) in [6.07, 6.45) is 0. The monoisotopic (exact) mass is 539 g/mol. The maximum atomic E-state index is 13.6. The van der Waals surface area contributed by atoms with Crippen LogP contribution >= 0.6 is 11.3 Å². The fourth-order valence-electron chi connectivity index (χ4n) is 4.23. The van der Waals surface area contributed by atoms with Crippen LogP contribution in [0.4, 0.5) is 14.9 Å². The van der Waals surface area contributed by atoms with Gasteiger partial charge in [0.1, 0.15) is 12.4 Å². The lowest BCUT2D eigenvalue weighted by molar-refractivity contribution is -0.133. The normalized spacial score (nSPS) is 11.2. The molecular weight excluding hydrogens is 501 g/mol. The van der Waals surface area contributed by atoms with E-state index in [1.54, 1.807) is 35.5 Å². The van der Waals surface area contributed by atoms with Crippen molar-refractivity contribution in [3.63, 3.8) is 0 Å². The molecule has 0 bridgehead atoms. The van der Waals surface area contributed by atoms with Gasteiger partial charge in [0, 0.05) is 30.8 Å². The molecule has 1 heterocycles. The number of hydrogen-bond donors (Lipinski definition) is 1. The quantitative estimate of drug-likeness (QED) is 0.274. The minimum atomic E-state index is -0.344. The van der Waals surface area contributed by atoms with Gasteiger partial charge in [0.15, 0.2) is 0 Å². The molecule has 204 valence electrons. The van der Waals surface area contributed by atoms with Crippen LogP contribution in [0.5, 0.6) is 0 Å². The van der Waals surface area contributed by atoms with Crippen molar-refractivity contribution in [2.24, 2.45) is 0 Å². The van der Waals surface area contributed by atoms with E-state index in [9.17, 15) is 14.0 Å². The zero-order valence-electron chi connectivity index (χ0n) is 22.9. The number of halogens is 1. The van der Waals surface area contributed by atoms with Crippen molar-refractivity contribution < 1.29 is 18.7 Å². The summed E-state index contributed by atoms with van der Waals surface area (Å²) in [4.78, 5) is 31.4. The average molecular weight is 540 g/mol. The van der Waals surface area contributed by atoms with Crippen LogP contribution in [0.25, 0.3) is 0 Å². The molecule has 0 saturated heterocycles. The van der Waals surface area contributed by atoms with Crippen molar-refractivity contribution >= 4 is 29.0 Å². The number of methoxy groups -OCH3 is 1. The highest BCUT2D eigenvalue weighted by atomic mass is 32.1. The van der Waals surface area contributed by atoms with Gasteiger partial charge in [-0.2, -0.15) is 0 Å². The standard InChI is InChI=1S/C30H38FN3O3S/c1-21(2)26-9-6-10-27(22(3)4)29(26)32-30(36)33(15-16-37-5)20-28(35)34(19-25-8-7-17-38-25)18-23-11-13-24(31)14-12-23/h6-14,17,21-22H,15-16,18-20H2,1-5H3,(H,32,36). The van der Waals surface area contributed by atoms with Crippen molar-refractivity contribution in [3.05, 3.63) is 87.4 Å². The van der Waals surface area contributed by atoms with Crippen LogP contribution in [-0.2, 0) is 22.6 Å². The van der Waals surface area contributed by atoms with E-state index in [4.69, 9.17) is 4.74 Å². The molecular formula is C30H38FN3O3S. The third-order valence-corrected chi connectivity index (χ3v) is 7.21. The molecule has 0 radical (unpaired) electrons. The third-order valence-electron chi connectivity index (χ3n) is 6.35. The maximum Gasteiger partial charge on any atom is 0.322 e. The highest BCUT2D eigenvalue weighted by molar-refractivity contribution is 7.09. The number of carbonyl (C=O) groups is 2. The minimum absolute atomic E-state index is 0.109. The fourth-order valence-corrected chi connectivity index (χ4v) is 4.95. The number of para-hydroxylation sites is 1. The Morgan fingerprint density at radius 1 is 0.921 bits per heavy atom. The fraction of sp³-hybridized carbons (Fsp3) is 0.400. The van der Waals surface area contributed by atoms with Crippen molar-refractivity contribution in [1.29, 1.82) is 0 Å². The first-order chi connectivity index (χ1) is 18.2. The van der Waals surface area contributed by atoms with E-state index in [1.807, 2.05) is 35.7 Å². The summed E-state index contributed by atoms with van der Waals surface area (Å²) in [6, 6.07) is 15.8. The van der Waals surface area contributed by atoms with Gasteiger partial charge in [0.05, 0.1) is 13.2 Å². The number of hydrogen-bond acceptors (Lipinski definition) is 4. The van der Waals surface area contributed by atoms with E-state index in [-0.39, 0.29) is 42.7 Å². The molecule has 3 rings (SSSR count). The molecule has 2 aromatic carbocycles. The number of nitrogens with one attached hydrogen (secondary N) is 1. The van der Waals surface area contributed by atoms with E-state index >= 15 is 0 Å². The van der Waals surface area contributed by atoms with E-state index in [2.05, 4.69) is 33.0 Å². The smallest absolute Gasteiger partial charge is 0.322 e. The highest BCUT2D eigenvalue weighted by Gasteiger charge is 2.24. The van der Waals surface area contributed by atoms with E-state index in [1.165, 1.54) is 17.0 Å². The first-order valence-corrected chi connectivity index (χ1v) is 13.8. The molecule has 0 spiro atoms. The number of benzene rings is 2. The molecule has 1 aromatic heterocycles. The van der Waals surface area contributed by atoms with Gasteiger partial charge in [0.2, 0.25) is 5.91 Å². The third kappa shape index (κ3) is 8.13. The van der Waals surface area contributed by atoms with Crippen molar-refractivity contribution in [2.75, 3.05) is 32.1 Å². The summed E-state index contributed by atoms with van der Waals surface area (Å²) >= 11 is 1.56. The molecule has 38 heavy (non-hydrogen) atoms. The van der Waals surface area contributed by atoms with Gasteiger partial charge >= 0.3 is 6.03 Å². The first-order valence-electron chi connectivity index (χ1n) is 12.9. The number of urea groups is 1. The highest BCUT2D eigenvalue weighted by Crippen LogP contribution is 2.32. The number of carbonyl (C=O) groups excluding carboxylic acids is 2. The van der Waals surface area contributed by atoms with Gasteiger partial charge < -0.3 is 19.9 Å². The zero-order chi connectivity index (χ0) is 27.7. The Labute approximate surface area is 229 Å². The Bertz CT molecular complexity index is 1150. The predicted molar refractivity (Wildman–Crippen MR) is 152 cm³/mol. The van der Waals surface area contributed by atoms with Crippen LogP contribution in [0.1, 0.15) is 61.1 Å². The molecule has 0 aliphatic rings. The zero-order valence-corrected chi connectivity index (χ0v) is 23.7. The first kappa shape index (κ1) is 29.3. The van der Waals surface area contributed by atoms with Gasteiger partial charge in [-0.3, -0.25) is 4.79 Å². The van der Waals surface area contributed by atoms with Crippen molar-refractivity contribution in [3.8, 4) is 0 Å². The second-order valence-corrected chi connectivity index (χ2v) is 11.0. The second-order valence-electron chi connectivity index (χ2n) is 9.92. The molecule has 0 aliphatic carbocycles. The summed E-state index contributed by atoms with van der Waals surface area (Å²) < 4.78 is 18.7. The largest absolute Gasteiger partial charge is 0.383 e. The molecule has 0 unspecified atom stereocenters. The lowest BCUT2D eigenvalue weighted by Crippen LogP contribution is -2.45. The number of thiophene rings is 1. The summed E-state index contributed by atoms with van der Waals surface area (Å²) in [5.41, 5.74) is 3.73. The lowest BCUT2D eigenvalue weighted by atomic mass is 9.93. The Balaban J connectivity index is 1.84. The van der Waals surface area contributed by atoms with Gasteiger partial charge in [0.25, 0.3) is 0 Å². The van der Waals surface area contributed by atoms with Crippen LogP contribution in [0, 0.1) is 5.82 Å². The average Bonchev–Trinajstić information content (AvgIpc) is 3.40. The Morgan fingerprint density at radius 2 is 1.58 bits per heavy atom. The van der Waals surface area contributed by atoms with Crippen molar-refractivity contribution in [1.82, 2.24) is 9.80 Å². The van der Waals surface area contributed by atoms with Crippen LogP contribution in [0.3, 0.4) is 0 Å². The molecule has 0 fully saturated rings. The number of anilines is 1. The lowest BCUT2D eigenvalue weighted by Gasteiger charge is -2.29. The molecule has 0 atom stereocenters. The second kappa shape index (κ2) is 14.1. The van der Waals surface area contributed by atoms with Crippen molar-refractivity contribution in [2.45, 2.75) is 52.6 Å². The molecule has 6 nitrogen and oxygen atoms in total. The molecule has 0 saturated carbocycles. The van der Waals surface area contributed by atoms with E-state index in [0.717, 1.165) is 27.3 Å². The maximum absolute atomic E-state index is 13.6. The van der Waals surface area contributed by atoms with Gasteiger partial charge in [-0.25, -0.2) is 9.18 Å². The number of amides is 3. The van der Waals surface area contributed by atoms with Crippen LogP contribution < -0.4 is 5.32 Å². The Morgan fingerprint density at radius 3 is 2.13 bits per heavy atom. The number of ether oxygens (including phenoxy) is 1. The van der Waals surface area contributed by atoms with Gasteiger partial charge in [-0.1, -0.05) is 64.1 Å². The van der Waals surface area contributed by atoms with E-state index < -0.39 is 0 Å². The SMILES string of the molecule is COCCN(CC(=O)N(Cc1ccc(F)cc1)Cc1cccs1)C(=O)Nc1c(C(C)C)cccc1C(C)C. The summed E-state index contributed by atoms with van der Waals surface area (Å²) in [5.74, 6) is -0.0879. The molecule has 3 amide bonds. The predicted octanol–water partition coefficient (Wildman–Crippen LogP) is 6.84. The summed E-state index contributed by atoms with van der Waals surface area (Å²) in [7, 11) is 1.57. The minimum Gasteiger partial charge on any atom is -0.383 e. The van der Waals surface area contributed by atoms with Crippen LogP contribution in [0.15, 0.2) is 60.0 Å². The molecule has 1 N–H and O–H groups in total. The number of nitrogens with zero attached hydrogens (tertiary/aromatic N) is 2. The van der Waals surface area contributed by atoms with Gasteiger partial charge in [-0.05, 0) is 52.1 Å². The van der Waals surface area contributed by atoms with E-state index in [0.29, 0.717) is 19.7 Å². The molecule has 3 aromatic rings. The van der Waals surface area contributed by atoms with Crippen LogP contribution in [-0.4, -0.2) is 48.5 Å². The van der Waals surface area contributed by atoms with Gasteiger partial charge in [-0.15, -0.1) is 11.3 Å². The summed E-state index contributed by atoms with van der Waals surface area (Å²) in [6.45, 7) is 9.55.